The molecule has 0 bridgehead atoms. The monoisotopic (exact) mass is 450 g/mol. The minimum absolute atomic E-state index is 0.0444. The summed E-state index contributed by atoms with van der Waals surface area (Å²) in [6, 6.07) is 16.8. The molecule has 32 heavy (non-hydrogen) atoms. The van der Waals surface area contributed by atoms with Crippen molar-refractivity contribution in [3.05, 3.63) is 71.8 Å². The average molecular weight is 450 g/mol. The number of benzene rings is 3. The van der Waals surface area contributed by atoms with Crippen LogP contribution in [0.4, 0.5) is 5.69 Å². The Bertz CT molecular complexity index is 1360. The molecule has 9 heteroatoms. The van der Waals surface area contributed by atoms with Crippen molar-refractivity contribution >= 4 is 44.3 Å². The molecule has 0 atom stereocenters. The smallest absolute Gasteiger partial charge is 0.326 e. The Balaban J connectivity index is 1.20. The Labute approximate surface area is 184 Å². The number of hydrogen-bond acceptors (Lipinski definition) is 6. The number of nitrogens with zero attached hydrogens (tertiary/aromatic N) is 2. The van der Waals surface area contributed by atoms with Gasteiger partial charge in [0.25, 0.3) is 21.8 Å². The van der Waals surface area contributed by atoms with Gasteiger partial charge in [0.1, 0.15) is 6.54 Å². The van der Waals surface area contributed by atoms with Crippen LogP contribution < -0.4 is 4.31 Å². The summed E-state index contributed by atoms with van der Waals surface area (Å²) in [7, 11) is -3.85. The van der Waals surface area contributed by atoms with E-state index in [1.165, 1.54) is 6.07 Å². The van der Waals surface area contributed by atoms with Gasteiger partial charge in [-0.05, 0) is 36.1 Å². The van der Waals surface area contributed by atoms with Crippen LogP contribution in [-0.4, -0.2) is 50.8 Å². The fourth-order valence-corrected chi connectivity index (χ4v) is 5.80. The van der Waals surface area contributed by atoms with Gasteiger partial charge in [0.2, 0.25) is 0 Å². The topological polar surface area (TPSA) is 101 Å². The van der Waals surface area contributed by atoms with Gasteiger partial charge in [-0.3, -0.25) is 23.6 Å². The lowest BCUT2D eigenvalue weighted by Crippen LogP contribution is -2.34. The minimum Gasteiger partial charge on any atom is -0.464 e. The van der Waals surface area contributed by atoms with E-state index in [1.54, 1.807) is 42.5 Å². The summed E-state index contributed by atoms with van der Waals surface area (Å²) in [5, 5.41) is 1.37. The van der Waals surface area contributed by atoms with Crippen molar-refractivity contribution in [1.29, 1.82) is 0 Å². The lowest BCUT2D eigenvalue weighted by atomic mass is 10.1. The SMILES string of the molecule is O=C(CN1c2cccc3cccc(c23)S1(=O)=O)OCCCN1C(=O)c2ccccc2C1=O. The van der Waals surface area contributed by atoms with E-state index in [-0.39, 0.29) is 36.3 Å². The van der Waals surface area contributed by atoms with Crippen LogP contribution in [0.3, 0.4) is 0 Å². The molecule has 0 N–H and O–H groups in total. The summed E-state index contributed by atoms with van der Waals surface area (Å²) in [5.41, 5.74) is 1.17. The molecule has 3 aromatic carbocycles. The van der Waals surface area contributed by atoms with Crippen LogP contribution in [-0.2, 0) is 19.6 Å². The molecule has 3 aromatic rings. The Morgan fingerprint density at radius 3 is 2.22 bits per heavy atom. The number of anilines is 1. The lowest BCUT2D eigenvalue weighted by Gasteiger charge is -2.18. The van der Waals surface area contributed by atoms with Crippen molar-refractivity contribution in [2.24, 2.45) is 0 Å². The summed E-state index contributed by atoms with van der Waals surface area (Å²) in [6.45, 7) is -0.396. The first-order valence-electron chi connectivity index (χ1n) is 10.0. The second kappa shape index (κ2) is 7.45. The molecule has 0 spiro atoms. The number of carbonyl (C=O) groups excluding carboxylic acids is 3. The lowest BCUT2D eigenvalue weighted by molar-refractivity contribution is -0.141. The third kappa shape index (κ3) is 3.04. The summed E-state index contributed by atoms with van der Waals surface area (Å²) in [5.74, 6) is -1.45. The van der Waals surface area contributed by atoms with Gasteiger partial charge >= 0.3 is 5.97 Å². The predicted octanol–water partition coefficient (Wildman–Crippen LogP) is 2.58. The standard InChI is InChI=1S/C23H18N2O6S/c26-20(31-13-5-12-24-22(27)16-8-1-2-9-17(16)23(24)28)14-25-18-10-3-6-15-7-4-11-19(21(15)18)32(25,29)30/h1-4,6-11H,5,12-14H2. The fraction of sp³-hybridized carbons (Fsp3) is 0.174. The molecule has 0 fully saturated rings. The Kier molecular flexibility index (Phi) is 4.70. The number of fused-ring (bicyclic) bond motifs is 1. The molecule has 2 amide bonds. The van der Waals surface area contributed by atoms with E-state index in [1.807, 2.05) is 12.1 Å². The van der Waals surface area contributed by atoms with Gasteiger partial charge < -0.3 is 4.74 Å². The van der Waals surface area contributed by atoms with E-state index in [9.17, 15) is 22.8 Å². The van der Waals surface area contributed by atoms with Gasteiger partial charge in [-0.1, -0.05) is 36.4 Å². The Morgan fingerprint density at radius 1 is 0.875 bits per heavy atom. The van der Waals surface area contributed by atoms with Crippen molar-refractivity contribution in [3.8, 4) is 0 Å². The van der Waals surface area contributed by atoms with Crippen LogP contribution in [0.25, 0.3) is 10.8 Å². The molecule has 0 saturated heterocycles. The van der Waals surface area contributed by atoms with Crippen LogP contribution >= 0.6 is 0 Å². The molecule has 0 unspecified atom stereocenters. The zero-order valence-electron chi connectivity index (χ0n) is 16.9. The highest BCUT2D eigenvalue weighted by Gasteiger charge is 2.37. The molecular formula is C23H18N2O6S. The normalized spacial score (nSPS) is 16.0. The molecule has 0 radical (unpaired) electrons. The minimum atomic E-state index is -3.85. The Morgan fingerprint density at radius 2 is 1.53 bits per heavy atom. The maximum Gasteiger partial charge on any atom is 0.326 e. The first kappa shape index (κ1) is 20.2. The van der Waals surface area contributed by atoms with Crippen LogP contribution in [0, 0.1) is 0 Å². The number of sulfonamides is 1. The number of amides is 2. The van der Waals surface area contributed by atoms with Crippen LogP contribution in [0.15, 0.2) is 65.6 Å². The molecular weight excluding hydrogens is 432 g/mol. The molecule has 2 heterocycles. The molecule has 0 aromatic heterocycles. The largest absolute Gasteiger partial charge is 0.464 e. The molecule has 0 aliphatic carbocycles. The summed E-state index contributed by atoms with van der Waals surface area (Å²) in [6.07, 6.45) is 0.250. The highest BCUT2D eigenvalue weighted by atomic mass is 32.2. The first-order valence-corrected chi connectivity index (χ1v) is 11.5. The summed E-state index contributed by atoms with van der Waals surface area (Å²) < 4.78 is 32.1. The van der Waals surface area contributed by atoms with Crippen LogP contribution in [0.1, 0.15) is 27.1 Å². The van der Waals surface area contributed by atoms with Gasteiger partial charge in [0.05, 0.1) is 28.3 Å². The molecule has 5 rings (SSSR count). The van der Waals surface area contributed by atoms with E-state index < -0.39 is 22.5 Å². The van der Waals surface area contributed by atoms with Crippen LogP contribution in [0.5, 0.6) is 0 Å². The quantitative estimate of drug-likeness (QED) is 0.325. The van der Waals surface area contributed by atoms with Crippen molar-refractivity contribution < 1.29 is 27.5 Å². The highest BCUT2D eigenvalue weighted by Crippen LogP contribution is 2.41. The molecule has 2 aliphatic heterocycles. The first-order chi connectivity index (χ1) is 15.4. The number of imide groups is 1. The van der Waals surface area contributed by atoms with E-state index in [2.05, 4.69) is 0 Å². The van der Waals surface area contributed by atoms with Gasteiger partial charge in [0, 0.05) is 11.9 Å². The highest BCUT2D eigenvalue weighted by molar-refractivity contribution is 7.93. The number of hydrogen-bond donors (Lipinski definition) is 0. The van der Waals surface area contributed by atoms with Crippen molar-refractivity contribution in [2.45, 2.75) is 11.3 Å². The van der Waals surface area contributed by atoms with Gasteiger partial charge in [-0.2, -0.15) is 0 Å². The van der Waals surface area contributed by atoms with Gasteiger partial charge in [0.15, 0.2) is 0 Å². The zero-order valence-corrected chi connectivity index (χ0v) is 17.7. The fourth-order valence-electron chi connectivity index (χ4n) is 4.14. The van der Waals surface area contributed by atoms with E-state index in [0.717, 1.165) is 14.6 Å². The third-order valence-electron chi connectivity index (χ3n) is 5.62. The molecule has 162 valence electrons. The van der Waals surface area contributed by atoms with E-state index in [4.69, 9.17) is 4.74 Å². The number of rotatable bonds is 6. The van der Waals surface area contributed by atoms with Gasteiger partial charge in [-0.15, -0.1) is 0 Å². The maximum absolute atomic E-state index is 12.9. The van der Waals surface area contributed by atoms with Crippen LogP contribution in [0.2, 0.25) is 0 Å². The average Bonchev–Trinajstić information content (AvgIpc) is 3.16. The number of esters is 1. The zero-order chi connectivity index (χ0) is 22.5. The molecule has 2 aliphatic rings. The molecule has 0 saturated carbocycles. The number of ether oxygens (including phenoxy) is 1. The van der Waals surface area contributed by atoms with Crippen molar-refractivity contribution in [3.63, 3.8) is 0 Å². The van der Waals surface area contributed by atoms with E-state index in [0.29, 0.717) is 22.2 Å². The van der Waals surface area contributed by atoms with E-state index >= 15 is 0 Å². The number of carbonyl (C=O) groups is 3. The van der Waals surface area contributed by atoms with Gasteiger partial charge in [-0.25, -0.2) is 8.42 Å². The molecule has 8 nitrogen and oxygen atoms in total. The summed E-state index contributed by atoms with van der Waals surface area (Å²) in [4.78, 5) is 38.4. The third-order valence-corrected chi connectivity index (χ3v) is 7.42. The second-order valence-electron chi connectivity index (χ2n) is 7.52. The maximum atomic E-state index is 12.9. The summed E-state index contributed by atoms with van der Waals surface area (Å²) >= 11 is 0. The van der Waals surface area contributed by atoms with Crippen molar-refractivity contribution in [2.75, 3.05) is 24.0 Å². The van der Waals surface area contributed by atoms with Crippen molar-refractivity contribution in [1.82, 2.24) is 4.90 Å². The Hall–Kier alpha value is -3.72. The second-order valence-corrected chi connectivity index (χ2v) is 9.36. The predicted molar refractivity (Wildman–Crippen MR) is 116 cm³/mol.